The van der Waals surface area contributed by atoms with Crippen LogP contribution in [0.1, 0.15) is 28.4 Å². The Kier molecular flexibility index (Phi) is 8.26. The van der Waals surface area contributed by atoms with Crippen molar-refractivity contribution in [2.45, 2.75) is 20.0 Å². The minimum atomic E-state index is -0.598. The largest absolute Gasteiger partial charge is 0.493 e. The zero-order chi connectivity index (χ0) is 22.8. The van der Waals surface area contributed by atoms with Crippen LogP contribution in [0.15, 0.2) is 78.9 Å². The van der Waals surface area contributed by atoms with Gasteiger partial charge in [-0.15, -0.1) is 0 Å². The molecular weight excluding hydrogens is 406 g/mol. The molecule has 166 valence electrons. The Hall–Kier alpha value is -3.80. The van der Waals surface area contributed by atoms with E-state index in [0.717, 1.165) is 11.1 Å². The maximum absolute atomic E-state index is 13.0. The Balaban J connectivity index is 1.68. The SMILES string of the molecule is CCOc1ccc(C(=O)OCC(=O)N(Cc2ccccc2)Cc2ccccc2)cc1OC. The molecule has 3 aromatic carbocycles. The lowest BCUT2D eigenvalue weighted by molar-refractivity contribution is -0.135. The highest BCUT2D eigenvalue weighted by Gasteiger charge is 2.18. The molecule has 0 aliphatic heterocycles. The normalized spacial score (nSPS) is 10.3. The molecule has 6 nitrogen and oxygen atoms in total. The van der Waals surface area contributed by atoms with Crippen molar-refractivity contribution in [3.63, 3.8) is 0 Å². The number of ether oxygens (including phenoxy) is 3. The zero-order valence-electron chi connectivity index (χ0n) is 18.3. The number of hydrogen-bond acceptors (Lipinski definition) is 5. The predicted octanol–water partition coefficient (Wildman–Crippen LogP) is 4.48. The molecule has 6 heteroatoms. The number of amides is 1. The molecule has 0 radical (unpaired) electrons. The molecule has 0 aromatic heterocycles. The topological polar surface area (TPSA) is 65.1 Å². The van der Waals surface area contributed by atoms with Crippen LogP contribution in [0, 0.1) is 0 Å². The molecule has 0 N–H and O–H groups in total. The molecule has 0 saturated heterocycles. The van der Waals surface area contributed by atoms with Crippen molar-refractivity contribution >= 4 is 11.9 Å². The first-order valence-corrected chi connectivity index (χ1v) is 10.4. The Morgan fingerprint density at radius 3 is 1.94 bits per heavy atom. The maximum atomic E-state index is 13.0. The highest BCUT2D eigenvalue weighted by Crippen LogP contribution is 2.28. The molecule has 0 atom stereocenters. The van der Waals surface area contributed by atoms with E-state index in [1.807, 2.05) is 67.6 Å². The second-order valence-electron chi connectivity index (χ2n) is 7.10. The summed E-state index contributed by atoms with van der Waals surface area (Å²) >= 11 is 0. The number of carbonyl (C=O) groups excluding carboxylic acids is 2. The summed E-state index contributed by atoms with van der Waals surface area (Å²) in [5, 5.41) is 0. The van der Waals surface area contributed by atoms with Gasteiger partial charge in [0.25, 0.3) is 5.91 Å². The number of nitrogens with zero attached hydrogens (tertiary/aromatic N) is 1. The number of esters is 1. The minimum absolute atomic E-state index is 0.274. The molecule has 0 fully saturated rings. The second-order valence-corrected chi connectivity index (χ2v) is 7.10. The summed E-state index contributed by atoms with van der Waals surface area (Å²) < 4.78 is 16.1. The van der Waals surface area contributed by atoms with Gasteiger partial charge in [0.1, 0.15) is 0 Å². The van der Waals surface area contributed by atoms with Crippen molar-refractivity contribution in [1.82, 2.24) is 4.90 Å². The third kappa shape index (κ3) is 6.35. The molecular formula is C26H27NO5. The van der Waals surface area contributed by atoms with Gasteiger partial charge in [-0.05, 0) is 36.2 Å². The fourth-order valence-corrected chi connectivity index (χ4v) is 3.21. The van der Waals surface area contributed by atoms with E-state index in [-0.39, 0.29) is 18.1 Å². The van der Waals surface area contributed by atoms with Crippen molar-refractivity contribution in [1.29, 1.82) is 0 Å². The average molecular weight is 434 g/mol. The van der Waals surface area contributed by atoms with Gasteiger partial charge in [-0.2, -0.15) is 0 Å². The van der Waals surface area contributed by atoms with Crippen LogP contribution in [0.5, 0.6) is 11.5 Å². The summed E-state index contributed by atoms with van der Waals surface area (Å²) in [7, 11) is 1.50. The molecule has 0 saturated carbocycles. The van der Waals surface area contributed by atoms with Crippen molar-refractivity contribution < 1.29 is 23.8 Å². The third-order valence-electron chi connectivity index (χ3n) is 4.81. The fourth-order valence-electron chi connectivity index (χ4n) is 3.21. The van der Waals surface area contributed by atoms with Gasteiger partial charge in [0, 0.05) is 13.1 Å². The zero-order valence-corrected chi connectivity index (χ0v) is 18.3. The quantitative estimate of drug-likeness (QED) is 0.441. The first-order valence-electron chi connectivity index (χ1n) is 10.4. The van der Waals surface area contributed by atoms with E-state index < -0.39 is 5.97 Å². The van der Waals surface area contributed by atoms with Crippen molar-refractivity contribution in [3.05, 3.63) is 95.6 Å². The summed E-state index contributed by atoms with van der Waals surface area (Å²) in [6.07, 6.45) is 0. The molecule has 0 heterocycles. The predicted molar refractivity (Wildman–Crippen MR) is 122 cm³/mol. The van der Waals surface area contributed by atoms with Crippen LogP contribution in [0.2, 0.25) is 0 Å². The average Bonchev–Trinajstić information content (AvgIpc) is 2.83. The summed E-state index contributed by atoms with van der Waals surface area (Å²) in [5.74, 6) is 0.102. The smallest absolute Gasteiger partial charge is 0.338 e. The van der Waals surface area contributed by atoms with E-state index in [2.05, 4.69) is 0 Å². The van der Waals surface area contributed by atoms with Crippen LogP contribution in [-0.4, -0.2) is 37.1 Å². The molecule has 0 aliphatic carbocycles. The first kappa shape index (κ1) is 22.9. The second kappa shape index (κ2) is 11.6. The highest BCUT2D eigenvalue weighted by molar-refractivity contribution is 5.92. The Bertz CT molecular complexity index is 979. The van der Waals surface area contributed by atoms with E-state index in [9.17, 15) is 9.59 Å². The lowest BCUT2D eigenvalue weighted by Gasteiger charge is -2.23. The lowest BCUT2D eigenvalue weighted by Crippen LogP contribution is -2.33. The molecule has 3 rings (SSSR count). The van der Waals surface area contributed by atoms with Gasteiger partial charge in [0.15, 0.2) is 18.1 Å². The van der Waals surface area contributed by atoms with Crippen LogP contribution in [0.3, 0.4) is 0 Å². The van der Waals surface area contributed by atoms with E-state index in [4.69, 9.17) is 14.2 Å². The Morgan fingerprint density at radius 2 is 1.41 bits per heavy atom. The first-order chi connectivity index (χ1) is 15.6. The van der Waals surface area contributed by atoms with Crippen LogP contribution in [0.4, 0.5) is 0 Å². The van der Waals surface area contributed by atoms with Crippen molar-refractivity contribution in [3.8, 4) is 11.5 Å². The van der Waals surface area contributed by atoms with Crippen LogP contribution in [-0.2, 0) is 22.6 Å². The van der Waals surface area contributed by atoms with E-state index in [1.54, 1.807) is 23.1 Å². The van der Waals surface area contributed by atoms with Gasteiger partial charge >= 0.3 is 5.97 Å². The molecule has 0 spiro atoms. The Morgan fingerprint density at radius 1 is 0.812 bits per heavy atom. The van der Waals surface area contributed by atoms with E-state index in [1.165, 1.54) is 7.11 Å². The van der Waals surface area contributed by atoms with E-state index >= 15 is 0 Å². The van der Waals surface area contributed by atoms with Crippen LogP contribution in [0.25, 0.3) is 0 Å². The number of rotatable bonds is 10. The maximum Gasteiger partial charge on any atom is 0.338 e. The summed E-state index contributed by atoms with van der Waals surface area (Å²) in [5.41, 5.74) is 2.29. The van der Waals surface area contributed by atoms with Crippen LogP contribution >= 0.6 is 0 Å². The van der Waals surface area contributed by atoms with Gasteiger partial charge in [-0.1, -0.05) is 60.7 Å². The number of hydrogen-bond donors (Lipinski definition) is 0. The fraction of sp³-hybridized carbons (Fsp3) is 0.231. The van der Waals surface area contributed by atoms with Gasteiger partial charge in [-0.3, -0.25) is 4.79 Å². The number of benzene rings is 3. The van der Waals surface area contributed by atoms with Gasteiger partial charge in [0.2, 0.25) is 0 Å². The lowest BCUT2D eigenvalue weighted by atomic mass is 10.1. The summed E-state index contributed by atoms with van der Waals surface area (Å²) in [6, 6.07) is 24.2. The number of carbonyl (C=O) groups is 2. The molecule has 32 heavy (non-hydrogen) atoms. The van der Waals surface area contributed by atoms with Gasteiger partial charge in [0.05, 0.1) is 19.3 Å². The summed E-state index contributed by atoms with van der Waals surface area (Å²) in [6.45, 7) is 2.83. The van der Waals surface area contributed by atoms with Crippen molar-refractivity contribution in [2.75, 3.05) is 20.3 Å². The van der Waals surface area contributed by atoms with E-state index in [0.29, 0.717) is 31.2 Å². The van der Waals surface area contributed by atoms with Crippen LogP contribution < -0.4 is 9.47 Å². The molecule has 0 bridgehead atoms. The van der Waals surface area contributed by atoms with Crippen molar-refractivity contribution in [2.24, 2.45) is 0 Å². The number of methoxy groups -OCH3 is 1. The monoisotopic (exact) mass is 433 g/mol. The molecule has 0 aliphatic rings. The summed E-state index contributed by atoms with van der Waals surface area (Å²) in [4.78, 5) is 27.2. The standard InChI is InChI=1S/C26H27NO5/c1-3-31-23-15-14-22(16-24(23)30-2)26(29)32-19-25(28)27(17-20-10-6-4-7-11-20)18-21-12-8-5-9-13-21/h4-16H,3,17-19H2,1-2H3. The van der Waals surface area contributed by atoms with Gasteiger partial charge < -0.3 is 19.1 Å². The minimum Gasteiger partial charge on any atom is -0.493 e. The highest BCUT2D eigenvalue weighted by atomic mass is 16.5. The third-order valence-corrected chi connectivity index (χ3v) is 4.81. The molecule has 0 unspecified atom stereocenters. The van der Waals surface area contributed by atoms with Gasteiger partial charge in [-0.25, -0.2) is 4.79 Å². The molecule has 3 aromatic rings. The Labute approximate surface area is 188 Å². The molecule has 1 amide bonds.